The van der Waals surface area contributed by atoms with Crippen LogP contribution in [0.25, 0.3) is 11.3 Å². The first-order chi connectivity index (χ1) is 10.6. The molecule has 2 rings (SSSR count). The molecule has 0 aliphatic rings. The minimum atomic E-state index is -0.0662. The fourth-order valence-corrected chi connectivity index (χ4v) is 3.43. The smallest absolute Gasteiger partial charge is 0.267 e. The molecule has 2 aromatic heterocycles. The molecule has 0 aromatic carbocycles. The Balaban J connectivity index is 1.89. The van der Waals surface area contributed by atoms with Crippen LogP contribution in [-0.2, 0) is 7.05 Å². The number of amides is 1. The first-order valence-electron chi connectivity index (χ1n) is 7.17. The van der Waals surface area contributed by atoms with Gasteiger partial charge in [-0.3, -0.25) is 4.79 Å². The lowest BCUT2D eigenvalue weighted by molar-refractivity contribution is 0.0948. The number of hydrogen-bond acceptors (Lipinski definition) is 5. The zero-order valence-corrected chi connectivity index (χ0v) is 14.5. The maximum atomic E-state index is 12.2. The van der Waals surface area contributed by atoms with E-state index in [1.165, 1.54) is 0 Å². The highest BCUT2D eigenvalue weighted by Gasteiger charge is 2.13. The molecule has 5 nitrogen and oxygen atoms in total. The summed E-state index contributed by atoms with van der Waals surface area (Å²) in [6.07, 6.45) is 2.73. The molecule has 2 heterocycles. The van der Waals surface area contributed by atoms with Crippen LogP contribution in [0.3, 0.4) is 0 Å². The second-order valence-corrected chi connectivity index (χ2v) is 7.21. The van der Waals surface area contributed by atoms with E-state index in [0.717, 1.165) is 34.2 Å². The molecule has 0 aliphatic heterocycles. The summed E-state index contributed by atoms with van der Waals surface area (Å²) in [7, 11) is 1.87. The third-order valence-corrected chi connectivity index (χ3v) is 4.97. The third kappa shape index (κ3) is 4.59. The molecule has 0 saturated carbocycles. The topological polar surface area (TPSA) is 67.2 Å². The van der Waals surface area contributed by atoms with Gasteiger partial charge in [0.2, 0.25) is 0 Å². The zero-order chi connectivity index (χ0) is 15.9. The number of aromatic nitrogens is 2. The molecule has 0 radical (unpaired) electrons. The summed E-state index contributed by atoms with van der Waals surface area (Å²) in [5, 5.41) is 14.6. The molecule has 0 aliphatic carbocycles. The van der Waals surface area contributed by atoms with Gasteiger partial charge in [0.1, 0.15) is 5.69 Å². The second-order valence-electron chi connectivity index (χ2n) is 4.92. The van der Waals surface area contributed by atoms with E-state index in [1.807, 2.05) is 36.2 Å². The average molecular weight is 339 g/mol. The maximum absolute atomic E-state index is 12.2. The minimum absolute atomic E-state index is 0.0662. The van der Waals surface area contributed by atoms with Crippen molar-refractivity contribution in [3.8, 4) is 11.3 Å². The Bertz CT molecular complexity index is 622. The highest BCUT2D eigenvalue weighted by molar-refractivity contribution is 7.99. The van der Waals surface area contributed by atoms with Gasteiger partial charge in [0, 0.05) is 43.1 Å². The largest absolute Gasteiger partial charge is 0.396 e. The number of aliphatic hydroxyl groups excluding tert-OH is 1. The first kappa shape index (κ1) is 17.1. The molecule has 7 heteroatoms. The number of rotatable bonds is 8. The van der Waals surface area contributed by atoms with Gasteiger partial charge in [-0.25, -0.2) is 4.98 Å². The molecule has 1 amide bonds. The van der Waals surface area contributed by atoms with Gasteiger partial charge < -0.3 is 15.0 Å². The quantitative estimate of drug-likeness (QED) is 0.724. The van der Waals surface area contributed by atoms with Crippen LogP contribution in [0.4, 0.5) is 0 Å². The number of nitrogens with zero attached hydrogens (tertiary/aromatic N) is 2. The van der Waals surface area contributed by atoms with Gasteiger partial charge >= 0.3 is 0 Å². The number of nitrogens with one attached hydrogen (secondary N) is 1. The summed E-state index contributed by atoms with van der Waals surface area (Å²) >= 11 is 3.34. The van der Waals surface area contributed by atoms with Crippen molar-refractivity contribution in [3.63, 3.8) is 0 Å². The summed E-state index contributed by atoms with van der Waals surface area (Å²) in [6.45, 7) is 2.83. The minimum Gasteiger partial charge on any atom is -0.396 e. The van der Waals surface area contributed by atoms with E-state index in [2.05, 4.69) is 10.3 Å². The Kier molecular flexibility index (Phi) is 6.48. The van der Waals surface area contributed by atoms with Gasteiger partial charge in [0.15, 0.2) is 0 Å². The second kappa shape index (κ2) is 8.36. The summed E-state index contributed by atoms with van der Waals surface area (Å²) in [6, 6.07) is 1.88. The predicted molar refractivity (Wildman–Crippen MR) is 92.6 cm³/mol. The molecule has 22 heavy (non-hydrogen) atoms. The molecule has 2 aromatic rings. The Morgan fingerprint density at radius 1 is 1.50 bits per heavy atom. The standard InChI is InChI=1S/C15H21N3O2S2/c1-11-17-13(10-22-11)12-8-14(18(2)9-12)15(20)16-4-7-21-6-3-5-19/h8-10,19H,3-7H2,1-2H3,(H,16,20). The molecule has 0 fully saturated rings. The van der Waals surface area contributed by atoms with E-state index in [4.69, 9.17) is 5.11 Å². The van der Waals surface area contributed by atoms with Crippen LogP contribution in [0.15, 0.2) is 17.6 Å². The van der Waals surface area contributed by atoms with Crippen LogP contribution in [0.1, 0.15) is 21.9 Å². The maximum Gasteiger partial charge on any atom is 0.267 e. The third-order valence-electron chi connectivity index (χ3n) is 3.13. The SMILES string of the molecule is Cc1nc(-c2cc(C(=O)NCCSCCCO)n(C)c2)cs1. The highest BCUT2D eigenvalue weighted by atomic mass is 32.2. The summed E-state index contributed by atoms with van der Waals surface area (Å²) in [4.78, 5) is 16.7. The summed E-state index contributed by atoms with van der Waals surface area (Å²) < 4.78 is 1.83. The summed E-state index contributed by atoms with van der Waals surface area (Å²) in [5.41, 5.74) is 2.52. The number of aryl methyl sites for hydroxylation is 2. The van der Waals surface area contributed by atoms with Crippen molar-refractivity contribution in [2.45, 2.75) is 13.3 Å². The van der Waals surface area contributed by atoms with Crippen molar-refractivity contribution in [3.05, 3.63) is 28.3 Å². The van der Waals surface area contributed by atoms with Crippen LogP contribution >= 0.6 is 23.1 Å². The first-order valence-corrected chi connectivity index (χ1v) is 9.21. The van der Waals surface area contributed by atoms with Gasteiger partial charge in [-0.1, -0.05) is 0 Å². The lowest BCUT2D eigenvalue weighted by atomic mass is 10.2. The van der Waals surface area contributed by atoms with E-state index >= 15 is 0 Å². The van der Waals surface area contributed by atoms with Crippen LogP contribution in [-0.4, -0.2) is 45.2 Å². The van der Waals surface area contributed by atoms with Crippen molar-refractivity contribution >= 4 is 29.0 Å². The molecule has 0 saturated heterocycles. The van der Waals surface area contributed by atoms with Crippen LogP contribution in [0.5, 0.6) is 0 Å². The Hall–Kier alpha value is -1.31. The number of thiazole rings is 1. The zero-order valence-electron chi connectivity index (χ0n) is 12.8. The van der Waals surface area contributed by atoms with E-state index in [-0.39, 0.29) is 12.5 Å². The van der Waals surface area contributed by atoms with E-state index in [9.17, 15) is 4.79 Å². The van der Waals surface area contributed by atoms with Crippen LogP contribution < -0.4 is 5.32 Å². The normalized spacial score (nSPS) is 10.9. The fraction of sp³-hybridized carbons (Fsp3) is 0.467. The van der Waals surface area contributed by atoms with Gasteiger partial charge in [-0.2, -0.15) is 11.8 Å². The van der Waals surface area contributed by atoms with Crippen molar-refractivity contribution in [2.75, 3.05) is 24.7 Å². The molecule has 0 bridgehead atoms. The van der Waals surface area contributed by atoms with Crippen molar-refractivity contribution in [1.29, 1.82) is 0 Å². The number of carbonyl (C=O) groups is 1. The monoisotopic (exact) mass is 339 g/mol. The van der Waals surface area contributed by atoms with Crippen LogP contribution in [0.2, 0.25) is 0 Å². The average Bonchev–Trinajstić information content (AvgIpc) is 3.08. The van der Waals surface area contributed by atoms with Gasteiger partial charge in [-0.05, 0) is 25.2 Å². The number of aliphatic hydroxyl groups is 1. The van der Waals surface area contributed by atoms with Crippen molar-refractivity contribution in [1.82, 2.24) is 14.9 Å². The Morgan fingerprint density at radius 3 is 3.00 bits per heavy atom. The molecule has 120 valence electrons. The molecule has 0 atom stereocenters. The van der Waals surface area contributed by atoms with Gasteiger partial charge in [0.25, 0.3) is 5.91 Å². The lowest BCUT2D eigenvalue weighted by Gasteiger charge is -2.05. The number of carbonyl (C=O) groups excluding carboxylic acids is 1. The Morgan fingerprint density at radius 2 is 2.32 bits per heavy atom. The molecule has 2 N–H and O–H groups in total. The predicted octanol–water partition coefficient (Wildman–Crippen LogP) is 2.30. The summed E-state index contributed by atoms with van der Waals surface area (Å²) in [5.74, 6) is 1.71. The lowest BCUT2D eigenvalue weighted by Crippen LogP contribution is -2.27. The molecular formula is C15H21N3O2S2. The molecule has 0 unspecified atom stereocenters. The van der Waals surface area contributed by atoms with E-state index in [1.54, 1.807) is 23.1 Å². The Labute approximate surface area is 138 Å². The van der Waals surface area contributed by atoms with E-state index < -0.39 is 0 Å². The fourth-order valence-electron chi connectivity index (χ4n) is 2.02. The van der Waals surface area contributed by atoms with Crippen molar-refractivity contribution in [2.24, 2.45) is 7.05 Å². The highest BCUT2D eigenvalue weighted by Crippen LogP contribution is 2.23. The van der Waals surface area contributed by atoms with Gasteiger partial charge in [-0.15, -0.1) is 11.3 Å². The van der Waals surface area contributed by atoms with Crippen molar-refractivity contribution < 1.29 is 9.90 Å². The molecule has 0 spiro atoms. The van der Waals surface area contributed by atoms with Crippen LogP contribution in [0, 0.1) is 6.92 Å². The van der Waals surface area contributed by atoms with Gasteiger partial charge in [0.05, 0.1) is 10.7 Å². The molecular weight excluding hydrogens is 318 g/mol. The van der Waals surface area contributed by atoms with E-state index in [0.29, 0.717) is 12.2 Å². The number of thioether (sulfide) groups is 1. The number of hydrogen-bond donors (Lipinski definition) is 2.